The van der Waals surface area contributed by atoms with Gasteiger partial charge in [0.25, 0.3) is 0 Å². The number of hydrogen-bond acceptors (Lipinski definition) is 6. The van der Waals surface area contributed by atoms with E-state index in [1.807, 2.05) is 0 Å². The van der Waals surface area contributed by atoms with Gasteiger partial charge in [0.2, 0.25) is 0 Å². The van der Waals surface area contributed by atoms with E-state index >= 15 is 0 Å². The van der Waals surface area contributed by atoms with Crippen LogP contribution in [0.15, 0.2) is 60.8 Å². The highest BCUT2D eigenvalue weighted by atomic mass is 16.6. The molecule has 0 aliphatic rings. The molecule has 0 fully saturated rings. The molecule has 0 rings (SSSR count). The van der Waals surface area contributed by atoms with Gasteiger partial charge in [0.15, 0.2) is 6.10 Å². The second kappa shape index (κ2) is 63.6. The number of hydrogen-bond donors (Lipinski definition) is 0. The van der Waals surface area contributed by atoms with Crippen molar-refractivity contribution >= 4 is 17.9 Å². The molecule has 6 nitrogen and oxygen atoms in total. The number of rotatable bonds is 60. The van der Waals surface area contributed by atoms with Crippen LogP contribution in [0.25, 0.3) is 0 Å². The number of carbonyl (C=O) groups is 3. The first-order chi connectivity index (χ1) is 37.0. The van der Waals surface area contributed by atoms with E-state index in [2.05, 4.69) is 81.5 Å². The molecule has 0 spiro atoms. The average Bonchev–Trinajstić information content (AvgIpc) is 3.41. The van der Waals surface area contributed by atoms with Gasteiger partial charge in [-0.05, 0) is 83.5 Å². The lowest BCUT2D eigenvalue weighted by atomic mass is 10.0. The maximum absolute atomic E-state index is 12.9. The molecule has 0 aliphatic heterocycles. The Kier molecular flexibility index (Phi) is 61.2. The first kappa shape index (κ1) is 72.1. The third-order valence-electron chi connectivity index (χ3n) is 14.5. The second-order valence-corrected chi connectivity index (χ2v) is 22.0. The standard InChI is InChI=1S/C69H124O6/c1-4-7-10-13-16-19-22-25-27-29-31-33-34-36-37-39-41-44-47-50-53-56-59-62-68(71)74-65-66(64-73-67(70)61-58-55-52-49-46-43-24-21-18-15-12-9-6-3)75-69(72)63-60-57-54-51-48-45-42-40-38-35-32-30-28-26-23-20-17-14-11-8-5-2/h7,10,16,19,25,27,30-33,66H,4-6,8-9,11-15,17-18,20-24,26,28-29,34-65H2,1-3H3/b10-7-,19-16-,27-25-,32-30-,33-31-. The SMILES string of the molecule is CC/C=C\C/C=C\C/C=C\C/C=C\CCCCCCCCCCCCC(=O)OCC(COC(=O)CCCCCCCCCCCCCCC)OC(=O)CCCCCCCCCCC/C=C\CCCCCCCCCC. The molecular formula is C69H124O6. The third kappa shape index (κ3) is 61.8. The Labute approximate surface area is 466 Å². The fourth-order valence-corrected chi connectivity index (χ4v) is 9.61. The molecule has 0 saturated carbocycles. The highest BCUT2D eigenvalue weighted by molar-refractivity contribution is 5.71. The monoisotopic (exact) mass is 1050 g/mol. The number of ether oxygens (including phenoxy) is 3. The summed E-state index contributed by atoms with van der Waals surface area (Å²) in [4.78, 5) is 38.3. The minimum atomic E-state index is -0.776. The lowest BCUT2D eigenvalue weighted by Gasteiger charge is -2.18. The van der Waals surface area contributed by atoms with E-state index in [0.717, 1.165) is 83.5 Å². The number of carbonyl (C=O) groups excluding carboxylic acids is 3. The van der Waals surface area contributed by atoms with Gasteiger partial charge in [-0.3, -0.25) is 14.4 Å². The van der Waals surface area contributed by atoms with Crippen LogP contribution in [0.1, 0.15) is 342 Å². The summed E-state index contributed by atoms with van der Waals surface area (Å²) in [6.07, 6.45) is 80.8. The lowest BCUT2D eigenvalue weighted by Crippen LogP contribution is -2.30. The molecule has 0 aromatic heterocycles. The first-order valence-corrected chi connectivity index (χ1v) is 32.8. The van der Waals surface area contributed by atoms with Gasteiger partial charge in [0.1, 0.15) is 13.2 Å². The van der Waals surface area contributed by atoms with E-state index in [1.54, 1.807) is 0 Å². The van der Waals surface area contributed by atoms with Crippen LogP contribution in [0, 0.1) is 0 Å². The summed E-state index contributed by atoms with van der Waals surface area (Å²) in [5.41, 5.74) is 0. The van der Waals surface area contributed by atoms with Crippen LogP contribution in [0.5, 0.6) is 0 Å². The van der Waals surface area contributed by atoms with E-state index < -0.39 is 6.10 Å². The predicted octanol–water partition coefficient (Wildman–Crippen LogP) is 22.3. The summed E-state index contributed by atoms with van der Waals surface area (Å²) < 4.78 is 17.0. The summed E-state index contributed by atoms with van der Waals surface area (Å²) in [5.74, 6) is -0.859. The second-order valence-electron chi connectivity index (χ2n) is 22.0. The molecular weight excluding hydrogens is 925 g/mol. The number of esters is 3. The molecule has 1 unspecified atom stereocenters. The largest absolute Gasteiger partial charge is 0.462 e. The van der Waals surface area contributed by atoms with Crippen molar-refractivity contribution in [3.05, 3.63) is 60.8 Å². The summed E-state index contributed by atoms with van der Waals surface area (Å²) in [6, 6.07) is 0. The zero-order valence-electron chi connectivity index (χ0n) is 50.1. The molecule has 436 valence electrons. The van der Waals surface area contributed by atoms with Crippen molar-refractivity contribution in [1.29, 1.82) is 0 Å². The van der Waals surface area contributed by atoms with E-state index in [0.29, 0.717) is 19.3 Å². The van der Waals surface area contributed by atoms with Gasteiger partial charge >= 0.3 is 17.9 Å². The summed E-state index contributed by atoms with van der Waals surface area (Å²) in [7, 11) is 0. The average molecular weight is 1050 g/mol. The molecule has 1 atom stereocenters. The van der Waals surface area contributed by atoms with Gasteiger partial charge in [0, 0.05) is 19.3 Å². The third-order valence-corrected chi connectivity index (χ3v) is 14.5. The van der Waals surface area contributed by atoms with Crippen molar-refractivity contribution < 1.29 is 28.6 Å². The molecule has 0 N–H and O–H groups in total. The van der Waals surface area contributed by atoms with Crippen LogP contribution < -0.4 is 0 Å². The van der Waals surface area contributed by atoms with Crippen molar-refractivity contribution in [1.82, 2.24) is 0 Å². The van der Waals surface area contributed by atoms with E-state index in [9.17, 15) is 14.4 Å². The van der Waals surface area contributed by atoms with Crippen molar-refractivity contribution in [2.24, 2.45) is 0 Å². The smallest absolute Gasteiger partial charge is 0.306 e. The van der Waals surface area contributed by atoms with Crippen LogP contribution in [-0.4, -0.2) is 37.2 Å². The Hall–Kier alpha value is -2.89. The Balaban J connectivity index is 4.30. The zero-order valence-corrected chi connectivity index (χ0v) is 50.1. The fourth-order valence-electron chi connectivity index (χ4n) is 9.61. The van der Waals surface area contributed by atoms with E-state index in [4.69, 9.17) is 14.2 Å². The van der Waals surface area contributed by atoms with Crippen LogP contribution in [0.3, 0.4) is 0 Å². The maximum Gasteiger partial charge on any atom is 0.306 e. The van der Waals surface area contributed by atoms with E-state index in [-0.39, 0.29) is 31.1 Å². The molecule has 0 aliphatic carbocycles. The molecule has 0 saturated heterocycles. The minimum Gasteiger partial charge on any atom is -0.462 e. The van der Waals surface area contributed by atoms with Gasteiger partial charge in [-0.15, -0.1) is 0 Å². The van der Waals surface area contributed by atoms with Crippen LogP contribution in [-0.2, 0) is 28.6 Å². The van der Waals surface area contributed by atoms with E-state index in [1.165, 1.54) is 218 Å². The summed E-state index contributed by atoms with van der Waals surface area (Å²) >= 11 is 0. The maximum atomic E-state index is 12.9. The Morgan fingerprint density at radius 2 is 0.520 bits per heavy atom. The van der Waals surface area contributed by atoms with Gasteiger partial charge in [-0.1, -0.05) is 300 Å². The Morgan fingerprint density at radius 3 is 0.827 bits per heavy atom. The van der Waals surface area contributed by atoms with Crippen LogP contribution in [0.2, 0.25) is 0 Å². The number of allylic oxidation sites excluding steroid dienone is 10. The molecule has 0 aromatic carbocycles. The van der Waals surface area contributed by atoms with Crippen LogP contribution >= 0.6 is 0 Å². The zero-order chi connectivity index (χ0) is 54.3. The van der Waals surface area contributed by atoms with Crippen molar-refractivity contribution in [2.75, 3.05) is 13.2 Å². The fraction of sp³-hybridized carbons (Fsp3) is 0.812. The lowest BCUT2D eigenvalue weighted by molar-refractivity contribution is -0.167. The minimum absolute atomic E-state index is 0.0722. The quantitative estimate of drug-likeness (QED) is 0.0261. The Morgan fingerprint density at radius 1 is 0.280 bits per heavy atom. The van der Waals surface area contributed by atoms with Gasteiger partial charge < -0.3 is 14.2 Å². The summed E-state index contributed by atoms with van der Waals surface area (Å²) in [5, 5.41) is 0. The molecule has 0 aromatic rings. The molecule has 75 heavy (non-hydrogen) atoms. The number of unbranched alkanes of at least 4 members (excludes halogenated alkanes) is 39. The van der Waals surface area contributed by atoms with Crippen molar-refractivity contribution in [3.63, 3.8) is 0 Å². The van der Waals surface area contributed by atoms with Gasteiger partial charge in [-0.25, -0.2) is 0 Å². The first-order valence-electron chi connectivity index (χ1n) is 32.8. The predicted molar refractivity (Wildman–Crippen MR) is 325 cm³/mol. The van der Waals surface area contributed by atoms with Gasteiger partial charge in [0.05, 0.1) is 0 Å². The molecule has 0 bridgehead atoms. The molecule has 0 radical (unpaired) electrons. The normalized spacial score (nSPS) is 12.4. The molecule has 0 amide bonds. The topological polar surface area (TPSA) is 78.9 Å². The van der Waals surface area contributed by atoms with Gasteiger partial charge in [-0.2, -0.15) is 0 Å². The molecule has 6 heteroatoms. The van der Waals surface area contributed by atoms with Crippen LogP contribution in [0.4, 0.5) is 0 Å². The summed E-state index contributed by atoms with van der Waals surface area (Å²) in [6.45, 7) is 6.57. The highest BCUT2D eigenvalue weighted by Gasteiger charge is 2.19. The molecule has 0 heterocycles. The Bertz CT molecular complexity index is 1340. The van der Waals surface area contributed by atoms with Crippen molar-refractivity contribution in [3.8, 4) is 0 Å². The highest BCUT2D eigenvalue weighted by Crippen LogP contribution is 2.17. The van der Waals surface area contributed by atoms with Crippen molar-refractivity contribution in [2.45, 2.75) is 348 Å².